The van der Waals surface area contributed by atoms with E-state index in [2.05, 4.69) is 42.1 Å². The minimum absolute atomic E-state index is 0.0761. The van der Waals surface area contributed by atoms with Gasteiger partial charge in [0.2, 0.25) is 0 Å². The molecule has 2 aromatic heterocycles. The molecular weight excluding hydrogens is 392 g/mol. The van der Waals surface area contributed by atoms with Gasteiger partial charge in [0.15, 0.2) is 0 Å². The zero-order valence-electron chi connectivity index (χ0n) is 19.1. The molecule has 0 bridgehead atoms. The van der Waals surface area contributed by atoms with Crippen LogP contribution in [0.4, 0.5) is 0 Å². The van der Waals surface area contributed by atoms with Crippen molar-refractivity contribution in [2.45, 2.75) is 70.7 Å². The van der Waals surface area contributed by atoms with E-state index < -0.39 is 6.10 Å². The van der Waals surface area contributed by atoms with E-state index in [1.165, 1.54) is 10.9 Å². The molecule has 0 unspecified atom stereocenters. The summed E-state index contributed by atoms with van der Waals surface area (Å²) in [6, 6.07) is 4.59. The molecule has 2 aliphatic rings. The number of pyridine rings is 1. The van der Waals surface area contributed by atoms with Crippen LogP contribution in [0.2, 0.25) is 0 Å². The van der Waals surface area contributed by atoms with Crippen LogP contribution in [0.1, 0.15) is 57.0 Å². The van der Waals surface area contributed by atoms with Gasteiger partial charge in [-0.1, -0.05) is 13.3 Å². The van der Waals surface area contributed by atoms with Crippen molar-refractivity contribution in [2.24, 2.45) is 0 Å². The Morgan fingerprint density at radius 3 is 2.97 bits per heavy atom. The topological polar surface area (TPSA) is 68.6 Å². The number of nitrogens with zero attached hydrogens (tertiary/aromatic N) is 3. The second kappa shape index (κ2) is 10.1. The van der Waals surface area contributed by atoms with Crippen molar-refractivity contribution in [3.8, 4) is 0 Å². The second-order valence-corrected chi connectivity index (χ2v) is 8.75. The highest BCUT2D eigenvalue weighted by Gasteiger charge is 2.40. The third-order valence-corrected chi connectivity index (χ3v) is 6.34. The van der Waals surface area contributed by atoms with Gasteiger partial charge in [-0.15, -0.1) is 0 Å². The maximum absolute atomic E-state index is 13.4. The molecule has 7 heteroatoms. The number of ether oxygens (including phenoxy) is 2. The van der Waals surface area contributed by atoms with Gasteiger partial charge in [-0.2, -0.15) is 0 Å². The molecule has 1 aliphatic heterocycles. The predicted octanol–water partition coefficient (Wildman–Crippen LogP) is 3.07. The molecular formula is C24H36N4O3. The van der Waals surface area contributed by atoms with Crippen LogP contribution in [-0.4, -0.2) is 65.9 Å². The van der Waals surface area contributed by atoms with E-state index in [0.29, 0.717) is 19.2 Å². The van der Waals surface area contributed by atoms with E-state index in [1.807, 2.05) is 4.90 Å². The Bertz CT molecular complexity index is 886. The summed E-state index contributed by atoms with van der Waals surface area (Å²) in [6.45, 7) is 7.94. The number of morpholine rings is 1. The van der Waals surface area contributed by atoms with Crippen LogP contribution in [-0.2, 0) is 27.2 Å². The Hall–Kier alpha value is -1.96. The zero-order chi connectivity index (χ0) is 21.8. The first kappa shape index (κ1) is 22.2. The molecule has 1 aliphatic carbocycles. The summed E-state index contributed by atoms with van der Waals surface area (Å²) in [5.74, 6) is 0.0941. The molecule has 1 N–H and O–H groups in total. The number of fused-ring (bicyclic) bond motifs is 1. The maximum atomic E-state index is 13.4. The molecule has 1 saturated heterocycles. The smallest absolute Gasteiger partial charge is 0.253 e. The SMILES string of the molecule is CCCc1nc([C@@H](C)N(C(=O)[C@H]2CNCCO2)C2CC2)cc2c1ccn2CCCOC. The second-order valence-electron chi connectivity index (χ2n) is 8.75. The molecule has 2 aromatic rings. The van der Waals surface area contributed by atoms with Crippen molar-refractivity contribution in [3.63, 3.8) is 0 Å². The lowest BCUT2D eigenvalue weighted by atomic mass is 10.1. The number of carbonyl (C=O) groups excluding carboxylic acids is 1. The quantitative estimate of drug-likeness (QED) is 0.589. The van der Waals surface area contributed by atoms with Crippen molar-refractivity contribution in [2.75, 3.05) is 33.4 Å². The van der Waals surface area contributed by atoms with Crippen LogP contribution in [0.25, 0.3) is 10.9 Å². The lowest BCUT2D eigenvalue weighted by Crippen LogP contribution is -2.50. The van der Waals surface area contributed by atoms with Crippen molar-refractivity contribution < 1.29 is 14.3 Å². The molecule has 2 atom stereocenters. The van der Waals surface area contributed by atoms with Gasteiger partial charge in [-0.25, -0.2) is 0 Å². The van der Waals surface area contributed by atoms with Gasteiger partial charge in [-0.05, 0) is 44.7 Å². The number of aromatic nitrogens is 2. The average molecular weight is 429 g/mol. The van der Waals surface area contributed by atoms with Crippen LogP contribution in [0.5, 0.6) is 0 Å². The average Bonchev–Trinajstić information content (AvgIpc) is 3.54. The normalized spacial score (nSPS) is 20.2. The summed E-state index contributed by atoms with van der Waals surface area (Å²) in [4.78, 5) is 20.5. The summed E-state index contributed by atoms with van der Waals surface area (Å²) >= 11 is 0. The number of amides is 1. The molecule has 0 spiro atoms. The Morgan fingerprint density at radius 1 is 1.45 bits per heavy atom. The molecule has 3 heterocycles. The number of methoxy groups -OCH3 is 1. The van der Waals surface area contributed by atoms with Crippen LogP contribution in [0.3, 0.4) is 0 Å². The van der Waals surface area contributed by atoms with Crippen molar-refractivity contribution >= 4 is 16.8 Å². The number of nitrogens with one attached hydrogen (secondary N) is 1. The van der Waals surface area contributed by atoms with Gasteiger partial charge in [0.1, 0.15) is 6.10 Å². The van der Waals surface area contributed by atoms with Crippen molar-refractivity contribution in [1.82, 2.24) is 19.8 Å². The molecule has 4 rings (SSSR count). The molecule has 0 radical (unpaired) electrons. The van der Waals surface area contributed by atoms with E-state index in [1.54, 1.807) is 7.11 Å². The zero-order valence-corrected chi connectivity index (χ0v) is 19.1. The molecule has 0 aromatic carbocycles. The van der Waals surface area contributed by atoms with E-state index in [4.69, 9.17) is 14.5 Å². The molecule has 31 heavy (non-hydrogen) atoms. The van der Waals surface area contributed by atoms with Crippen LogP contribution >= 0.6 is 0 Å². The number of hydrogen-bond donors (Lipinski definition) is 1. The van der Waals surface area contributed by atoms with Gasteiger partial charge in [0.05, 0.1) is 29.6 Å². The van der Waals surface area contributed by atoms with Crippen molar-refractivity contribution in [3.05, 3.63) is 29.7 Å². The molecule has 170 valence electrons. The van der Waals surface area contributed by atoms with Crippen LogP contribution in [0, 0.1) is 0 Å². The fourth-order valence-electron chi connectivity index (χ4n) is 4.57. The Labute approximate surface area is 185 Å². The minimum atomic E-state index is -0.395. The summed E-state index contributed by atoms with van der Waals surface area (Å²) < 4.78 is 13.3. The molecule has 2 fully saturated rings. The number of carbonyl (C=O) groups is 1. The van der Waals surface area contributed by atoms with Gasteiger partial charge in [-0.3, -0.25) is 9.78 Å². The van der Waals surface area contributed by atoms with Gasteiger partial charge >= 0.3 is 0 Å². The minimum Gasteiger partial charge on any atom is -0.385 e. The lowest BCUT2D eigenvalue weighted by Gasteiger charge is -2.34. The van der Waals surface area contributed by atoms with Gasteiger partial charge in [0, 0.05) is 51.0 Å². The fourth-order valence-corrected chi connectivity index (χ4v) is 4.57. The summed E-state index contributed by atoms with van der Waals surface area (Å²) in [5.41, 5.74) is 3.31. The van der Waals surface area contributed by atoms with Crippen molar-refractivity contribution in [1.29, 1.82) is 0 Å². The third-order valence-electron chi connectivity index (χ3n) is 6.34. The summed E-state index contributed by atoms with van der Waals surface area (Å²) in [6.07, 6.45) is 6.83. The highest BCUT2D eigenvalue weighted by atomic mass is 16.5. The van der Waals surface area contributed by atoms with Crippen LogP contribution < -0.4 is 5.32 Å². The molecule has 1 amide bonds. The Kier molecular flexibility index (Phi) is 7.25. The highest BCUT2D eigenvalue weighted by molar-refractivity contribution is 5.84. The summed E-state index contributed by atoms with van der Waals surface area (Å²) in [7, 11) is 1.74. The van der Waals surface area contributed by atoms with E-state index >= 15 is 0 Å². The number of aryl methyl sites for hydroxylation is 2. The first-order chi connectivity index (χ1) is 15.1. The van der Waals surface area contributed by atoms with Gasteiger partial charge in [0.25, 0.3) is 5.91 Å². The maximum Gasteiger partial charge on any atom is 0.253 e. The summed E-state index contributed by atoms with van der Waals surface area (Å²) in [5, 5.41) is 4.51. The number of rotatable bonds is 10. The molecule has 1 saturated carbocycles. The number of hydrogen-bond acceptors (Lipinski definition) is 5. The fraction of sp³-hybridized carbons (Fsp3) is 0.667. The Morgan fingerprint density at radius 2 is 2.29 bits per heavy atom. The van der Waals surface area contributed by atoms with Gasteiger partial charge < -0.3 is 24.3 Å². The van der Waals surface area contributed by atoms with Crippen LogP contribution in [0.15, 0.2) is 18.3 Å². The van der Waals surface area contributed by atoms with E-state index in [0.717, 1.165) is 63.2 Å². The van der Waals surface area contributed by atoms with E-state index in [9.17, 15) is 4.79 Å². The largest absolute Gasteiger partial charge is 0.385 e. The lowest BCUT2D eigenvalue weighted by molar-refractivity contribution is -0.148. The monoisotopic (exact) mass is 428 g/mol. The first-order valence-electron chi connectivity index (χ1n) is 11.8. The third kappa shape index (κ3) is 4.94. The standard InChI is InChI=1S/C24H36N4O3/c1-4-6-20-19-9-12-27(11-5-13-30-3)22(19)15-21(26-20)17(2)28(18-7-8-18)24(29)23-16-25-10-14-31-23/h9,12,15,17-18,23,25H,4-8,10-11,13-14,16H2,1-3H3/t17-,23-/m1/s1. The predicted molar refractivity (Wildman–Crippen MR) is 121 cm³/mol. The van der Waals surface area contributed by atoms with E-state index in [-0.39, 0.29) is 11.9 Å². The molecule has 7 nitrogen and oxygen atoms in total. The Balaban J connectivity index is 1.65. The highest BCUT2D eigenvalue weighted by Crippen LogP contribution is 2.36. The first-order valence-corrected chi connectivity index (χ1v) is 11.8.